The molecule has 3 aromatic rings. The Morgan fingerprint density at radius 1 is 1.18 bits per heavy atom. The number of benzene rings is 1. The maximum absolute atomic E-state index is 11.5. The maximum Gasteiger partial charge on any atom is 0.175 e. The number of ether oxygens (including phenoxy) is 1. The Balaban J connectivity index is 1.37. The van der Waals surface area contributed by atoms with Crippen LogP contribution in [0.1, 0.15) is 16.8 Å². The topological polar surface area (TPSA) is 72.4 Å². The number of fused-ring (bicyclic) bond motifs is 2. The van der Waals surface area contributed by atoms with Crippen LogP contribution in [-0.4, -0.2) is 49.2 Å². The molecule has 28 heavy (non-hydrogen) atoms. The number of aryl methyl sites for hydroxylation is 1. The molecule has 0 spiro atoms. The zero-order valence-corrected chi connectivity index (χ0v) is 16.9. The van der Waals surface area contributed by atoms with Gasteiger partial charge in [0.1, 0.15) is 12.4 Å². The molecule has 0 bridgehead atoms. The molecule has 4 rings (SSSR count). The molecule has 0 radical (unpaired) electrons. The van der Waals surface area contributed by atoms with Gasteiger partial charge in [0.05, 0.1) is 4.90 Å². The quantitative estimate of drug-likeness (QED) is 0.659. The molecule has 0 saturated heterocycles. The number of sulfone groups is 1. The number of aromatic nitrogens is 2. The fraction of sp³-hybridized carbons (Fsp3) is 0.333. The summed E-state index contributed by atoms with van der Waals surface area (Å²) in [6.07, 6.45) is 3.97. The second-order valence-corrected chi connectivity index (χ2v) is 9.29. The number of hydrogen-bond acceptors (Lipinski definition) is 6. The largest absolute Gasteiger partial charge is 0.492 e. The van der Waals surface area contributed by atoms with Crippen molar-refractivity contribution in [3.05, 3.63) is 59.4 Å². The van der Waals surface area contributed by atoms with Gasteiger partial charge in [0.15, 0.2) is 15.5 Å². The van der Waals surface area contributed by atoms with Crippen LogP contribution in [0.4, 0.5) is 0 Å². The van der Waals surface area contributed by atoms with Crippen molar-refractivity contribution in [3.8, 4) is 5.75 Å². The molecule has 0 N–H and O–H groups in total. The van der Waals surface area contributed by atoms with Crippen molar-refractivity contribution >= 4 is 20.9 Å². The third-order valence-corrected chi connectivity index (χ3v) is 6.09. The molecule has 0 atom stereocenters. The van der Waals surface area contributed by atoms with Gasteiger partial charge in [-0.2, -0.15) is 0 Å². The summed E-state index contributed by atoms with van der Waals surface area (Å²) < 4.78 is 28.8. The van der Waals surface area contributed by atoms with Gasteiger partial charge >= 0.3 is 0 Å². The average molecular weight is 398 g/mol. The number of nitrogens with zero attached hydrogens (tertiary/aromatic N) is 3. The highest BCUT2D eigenvalue weighted by molar-refractivity contribution is 7.90. The molecule has 1 aliphatic rings. The third-order valence-electron chi connectivity index (χ3n) is 4.96. The Kier molecular flexibility index (Phi) is 5.03. The van der Waals surface area contributed by atoms with E-state index >= 15 is 0 Å². The predicted octanol–water partition coefficient (Wildman–Crippen LogP) is 2.78. The van der Waals surface area contributed by atoms with Gasteiger partial charge in [0.25, 0.3) is 0 Å². The second-order valence-electron chi connectivity index (χ2n) is 7.27. The first kappa shape index (κ1) is 18.8. The van der Waals surface area contributed by atoms with E-state index in [2.05, 4.69) is 22.0 Å². The van der Waals surface area contributed by atoms with Crippen LogP contribution in [0, 0.1) is 6.92 Å². The molecule has 2 aromatic heterocycles. The lowest BCUT2D eigenvalue weighted by Crippen LogP contribution is -2.34. The van der Waals surface area contributed by atoms with Gasteiger partial charge in [-0.3, -0.25) is 4.90 Å². The monoisotopic (exact) mass is 397 g/mol. The molecular formula is C21H23N3O3S. The van der Waals surface area contributed by atoms with Crippen LogP contribution < -0.4 is 4.74 Å². The molecule has 0 saturated carbocycles. The summed E-state index contributed by atoms with van der Waals surface area (Å²) in [5.41, 5.74) is 4.34. The first-order chi connectivity index (χ1) is 13.4. The normalized spacial score (nSPS) is 14.8. The fourth-order valence-electron chi connectivity index (χ4n) is 3.46. The summed E-state index contributed by atoms with van der Waals surface area (Å²) in [6, 6.07) is 10.9. The van der Waals surface area contributed by atoms with E-state index in [0.29, 0.717) is 17.3 Å². The molecule has 0 unspecified atom stereocenters. The van der Waals surface area contributed by atoms with Gasteiger partial charge in [-0.1, -0.05) is 0 Å². The Morgan fingerprint density at radius 2 is 1.96 bits per heavy atom. The van der Waals surface area contributed by atoms with Crippen molar-refractivity contribution in [2.45, 2.75) is 24.8 Å². The van der Waals surface area contributed by atoms with Crippen molar-refractivity contribution in [3.63, 3.8) is 0 Å². The van der Waals surface area contributed by atoms with Crippen molar-refractivity contribution in [1.82, 2.24) is 14.9 Å². The number of rotatable bonds is 5. The second kappa shape index (κ2) is 7.48. The summed E-state index contributed by atoms with van der Waals surface area (Å²) in [6.45, 7) is 5.18. The molecule has 0 amide bonds. The Labute approximate surface area is 165 Å². The van der Waals surface area contributed by atoms with E-state index in [1.165, 1.54) is 11.8 Å². The summed E-state index contributed by atoms with van der Waals surface area (Å²) in [7, 11) is -3.18. The number of pyridine rings is 2. The van der Waals surface area contributed by atoms with Crippen molar-refractivity contribution in [2.24, 2.45) is 0 Å². The van der Waals surface area contributed by atoms with Gasteiger partial charge in [0, 0.05) is 49.6 Å². The number of hydrogen-bond donors (Lipinski definition) is 0. The zero-order valence-electron chi connectivity index (χ0n) is 16.1. The lowest BCUT2D eigenvalue weighted by atomic mass is 10.0. The molecule has 7 heteroatoms. The molecule has 6 nitrogen and oxygen atoms in total. The molecule has 3 heterocycles. The van der Waals surface area contributed by atoms with Gasteiger partial charge in [0.2, 0.25) is 0 Å². The predicted molar refractivity (Wildman–Crippen MR) is 108 cm³/mol. The minimum atomic E-state index is -3.18. The van der Waals surface area contributed by atoms with Crippen LogP contribution >= 0.6 is 0 Å². The van der Waals surface area contributed by atoms with E-state index < -0.39 is 9.84 Å². The zero-order chi connectivity index (χ0) is 19.7. The molecule has 1 aliphatic heterocycles. The molecule has 0 fully saturated rings. The van der Waals surface area contributed by atoms with Crippen LogP contribution in [0.15, 0.2) is 47.5 Å². The standard InChI is InChI=1S/C21H23N3O3S/c1-15-11-16-12-17-14-24(8-7-20(17)23-21(16)22-13-15)9-10-27-18-3-5-19(6-4-18)28(2,25)26/h3-6,11-13H,7-10,14H2,1-2H3. The maximum atomic E-state index is 11.5. The fourth-order valence-corrected chi connectivity index (χ4v) is 4.09. The summed E-state index contributed by atoms with van der Waals surface area (Å²) in [5.74, 6) is 0.680. The van der Waals surface area contributed by atoms with Gasteiger partial charge < -0.3 is 4.74 Å². The highest BCUT2D eigenvalue weighted by atomic mass is 32.2. The Morgan fingerprint density at radius 3 is 2.71 bits per heavy atom. The smallest absolute Gasteiger partial charge is 0.175 e. The van der Waals surface area contributed by atoms with E-state index in [0.717, 1.165) is 48.3 Å². The minimum Gasteiger partial charge on any atom is -0.492 e. The van der Waals surface area contributed by atoms with Gasteiger partial charge in [-0.15, -0.1) is 0 Å². The van der Waals surface area contributed by atoms with E-state index in [1.807, 2.05) is 13.1 Å². The minimum absolute atomic E-state index is 0.303. The van der Waals surface area contributed by atoms with Crippen molar-refractivity contribution in [2.75, 3.05) is 26.0 Å². The SMILES string of the molecule is Cc1cnc2nc3c(cc2c1)CN(CCOc1ccc(S(C)(=O)=O)cc1)CC3. The first-order valence-corrected chi connectivity index (χ1v) is 11.2. The average Bonchev–Trinajstić information content (AvgIpc) is 2.66. The Bertz CT molecular complexity index is 1110. The molecule has 146 valence electrons. The van der Waals surface area contributed by atoms with Crippen LogP contribution in [0.5, 0.6) is 5.75 Å². The van der Waals surface area contributed by atoms with Crippen LogP contribution in [0.25, 0.3) is 11.0 Å². The highest BCUT2D eigenvalue weighted by Gasteiger charge is 2.18. The van der Waals surface area contributed by atoms with Crippen LogP contribution in [0.3, 0.4) is 0 Å². The molecule has 0 aliphatic carbocycles. The third kappa shape index (κ3) is 4.15. The van der Waals surface area contributed by atoms with Crippen LogP contribution in [0.2, 0.25) is 0 Å². The summed E-state index contributed by atoms with van der Waals surface area (Å²) >= 11 is 0. The summed E-state index contributed by atoms with van der Waals surface area (Å²) in [4.78, 5) is 11.8. The summed E-state index contributed by atoms with van der Waals surface area (Å²) in [5, 5.41) is 1.09. The van der Waals surface area contributed by atoms with Crippen molar-refractivity contribution < 1.29 is 13.2 Å². The molecule has 1 aromatic carbocycles. The van der Waals surface area contributed by atoms with Gasteiger partial charge in [-0.25, -0.2) is 18.4 Å². The molecular weight excluding hydrogens is 374 g/mol. The van der Waals surface area contributed by atoms with E-state index in [1.54, 1.807) is 24.3 Å². The lowest BCUT2D eigenvalue weighted by Gasteiger charge is -2.28. The van der Waals surface area contributed by atoms with E-state index in [-0.39, 0.29) is 0 Å². The van der Waals surface area contributed by atoms with Gasteiger partial charge in [-0.05, 0) is 54.4 Å². The van der Waals surface area contributed by atoms with Crippen molar-refractivity contribution in [1.29, 1.82) is 0 Å². The lowest BCUT2D eigenvalue weighted by molar-refractivity contribution is 0.195. The Hall–Kier alpha value is -2.51. The van der Waals surface area contributed by atoms with E-state index in [4.69, 9.17) is 9.72 Å². The van der Waals surface area contributed by atoms with E-state index in [9.17, 15) is 8.42 Å². The first-order valence-electron chi connectivity index (χ1n) is 9.29. The highest BCUT2D eigenvalue weighted by Crippen LogP contribution is 2.22. The van der Waals surface area contributed by atoms with Crippen LogP contribution in [-0.2, 0) is 22.8 Å².